The minimum Gasteiger partial charge on any atom is -0.497 e. The highest BCUT2D eigenvalue weighted by molar-refractivity contribution is 9.10. The fourth-order valence-electron chi connectivity index (χ4n) is 2.94. The lowest BCUT2D eigenvalue weighted by Crippen LogP contribution is -2.28. The highest BCUT2D eigenvalue weighted by atomic mass is 79.9. The van der Waals surface area contributed by atoms with Crippen molar-refractivity contribution in [3.8, 4) is 5.75 Å². The number of hydrogen-bond acceptors (Lipinski definition) is 3. The summed E-state index contributed by atoms with van der Waals surface area (Å²) >= 11 is 3.50. The number of ether oxygens (including phenoxy) is 2. The van der Waals surface area contributed by atoms with Crippen LogP contribution >= 0.6 is 15.9 Å². The summed E-state index contributed by atoms with van der Waals surface area (Å²) in [5.74, 6) is 1.25. The molecular formula is C16H21BrO3. The van der Waals surface area contributed by atoms with Crippen LogP contribution in [0, 0.1) is 11.8 Å². The number of carbonyl (C=O) groups excluding carboxylic acids is 1. The quantitative estimate of drug-likeness (QED) is 0.839. The lowest BCUT2D eigenvalue weighted by atomic mass is 9.84. The molecule has 0 bridgehead atoms. The highest BCUT2D eigenvalue weighted by Crippen LogP contribution is 2.34. The van der Waals surface area contributed by atoms with Gasteiger partial charge in [-0.2, -0.15) is 0 Å². The molecule has 20 heavy (non-hydrogen) atoms. The SMILES string of the molecule is COc1ccc(Br)c(CC(=O)C2C(C)OC(C)C2C)c1. The van der Waals surface area contributed by atoms with Gasteiger partial charge in [0.15, 0.2) is 0 Å². The fourth-order valence-corrected chi connectivity index (χ4v) is 3.33. The smallest absolute Gasteiger partial charge is 0.143 e. The average Bonchev–Trinajstić information content (AvgIpc) is 2.66. The highest BCUT2D eigenvalue weighted by Gasteiger charge is 2.41. The molecule has 110 valence electrons. The molecule has 0 saturated carbocycles. The van der Waals surface area contributed by atoms with Crippen LogP contribution in [0.15, 0.2) is 22.7 Å². The first kappa shape index (κ1) is 15.5. The van der Waals surface area contributed by atoms with Gasteiger partial charge in [0.05, 0.1) is 19.3 Å². The number of benzene rings is 1. The Kier molecular flexibility index (Phi) is 4.86. The fraction of sp³-hybridized carbons (Fsp3) is 0.562. The molecule has 1 aliphatic heterocycles. The van der Waals surface area contributed by atoms with Crippen LogP contribution in [0.25, 0.3) is 0 Å². The summed E-state index contributed by atoms with van der Waals surface area (Å²) in [4.78, 5) is 12.6. The van der Waals surface area contributed by atoms with Gasteiger partial charge in [0.2, 0.25) is 0 Å². The Hall–Kier alpha value is -0.870. The van der Waals surface area contributed by atoms with Gasteiger partial charge in [0.1, 0.15) is 11.5 Å². The summed E-state index contributed by atoms with van der Waals surface area (Å²) < 4.78 is 11.9. The van der Waals surface area contributed by atoms with Crippen molar-refractivity contribution in [2.75, 3.05) is 7.11 Å². The Morgan fingerprint density at radius 2 is 2.00 bits per heavy atom. The van der Waals surface area contributed by atoms with Crippen LogP contribution in [0.5, 0.6) is 5.75 Å². The maximum absolute atomic E-state index is 12.6. The van der Waals surface area contributed by atoms with Gasteiger partial charge in [0, 0.05) is 16.8 Å². The van der Waals surface area contributed by atoms with E-state index in [1.54, 1.807) is 7.11 Å². The van der Waals surface area contributed by atoms with E-state index >= 15 is 0 Å². The summed E-state index contributed by atoms with van der Waals surface area (Å²) in [6.07, 6.45) is 0.553. The minimum absolute atomic E-state index is 0.00289. The second-order valence-electron chi connectivity index (χ2n) is 5.53. The van der Waals surface area contributed by atoms with Crippen LogP contribution in [0.4, 0.5) is 0 Å². The van der Waals surface area contributed by atoms with E-state index < -0.39 is 0 Å². The topological polar surface area (TPSA) is 35.5 Å². The van der Waals surface area contributed by atoms with Gasteiger partial charge >= 0.3 is 0 Å². The van der Waals surface area contributed by atoms with E-state index in [0.717, 1.165) is 15.8 Å². The first-order valence-electron chi connectivity index (χ1n) is 6.94. The molecule has 0 spiro atoms. The van der Waals surface area contributed by atoms with Crippen molar-refractivity contribution in [2.24, 2.45) is 11.8 Å². The van der Waals surface area contributed by atoms with E-state index in [9.17, 15) is 4.79 Å². The predicted octanol–water partition coefficient (Wildman–Crippen LogP) is 3.63. The van der Waals surface area contributed by atoms with Gasteiger partial charge in [-0.05, 0) is 43.5 Å². The van der Waals surface area contributed by atoms with E-state index in [1.165, 1.54) is 0 Å². The molecule has 1 aromatic carbocycles. The third-order valence-electron chi connectivity index (χ3n) is 4.23. The second-order valence-corrected chi connectivity index (χ2v) is 6.39. The number of hydrogen-bond donors (Lipinski definition) is 0. The average molecular weight is 341 g/mol. The Morgan fingerprint density at radius 1 is 1.30 bits per heavy atom. The van der Waals surface area contributed by atoms with Gasteiger partial charge in [-0.15, -0.1) is 0 Å². The molecule has 1 aliphatic rings. The summed E-state index contributed by atoms with van der Waals surface area (Å²) in [5.41, 5.74) is 0.966. The molecule has 0 radical (unpaired) electrons. The molecule has 0 aliphatic carbocycles. The first-order chi connectivity index (χ1) is 9.43. The van der Waals surface area contributed by atoms with Crippen LogP contribution in [-0.4, -0.2) is 25.1 Å². The number of Topliss-reactive ketones (excluding diaryl/α,β-unsaturated/α-hetero) is 1. The molecule has 4 atom stereocenters. The Balaban J connectivity index is 2.16. The molecule has 3 nitrogen and oxygen atoms in total. The molecule has 0 aromatic heterocycles. The summed E-state index contributed by atoms with van der Waals surface area (Å²) in [6.45, 7) is 6.12. The molecule has 2 rings (SSSR count). The Labute approximate surface area is 128 Å². The van der Waals surface area contributed by atoms with Gasteiger partial charge in [-0.25, -0.2) is 0 Å². The summed E-state index contributed by atoms with van der Waals surface area (Å²) in [6, 6.07) is 5.71. The summed E-state index contributed by atoms with van der Waals surface area (Å²) in [5, 5.41) is 0. The van der Waals surface area contributed by atoms with E-state index in [2.05, 4.69) is 22.9 Å². The monoisotopic (exact) mass is 340 g/mol. The van der Waals surface area contributed by atoms with Crippen LogP contribution in [0.2, 0.25) is 0 Å². The van der Waals surface area contributed by atoms with Crippen LogP contribution in [0.3, 0.4) is 0 Å². The molecule has 1 fully saturated rings. The normalized spacial score (nSPS) is 29.4. The van der Waals surface area contributed by atoms with Crippen molar-refractivity contribution in [2.45, 2.75) is 39.4 Å². The molecule has 1 saturated heterocycles. The van der Waals surface area contributed by atoms with Crippen molar-refractivity contribution in [3.63, 3.8) is 0 Å². The van der Waals surface area contributed by atoms with Crippen molar-refractivity contribution in [1.29, 1.82) is 0 Å². The van der Waals surface area contributed by atoms with Gasteiger partial charge in [0.25, 0.3) is 0 Å². The van der Waals surface area contributed by atoms with E-state index in [4.69, 9.17) is 9.47 Å². The lowest BCUT2D eigenvalue weighted by Gasteiger charge is -2.17. The van der Waals surface area contributed by atoms with Gasteiger partial charge in [-0.1, -0.05) is 22.9 Å². The third-order valence-corrected chi connectivity index (χ3v) is 5.00. The molecule has 1 heterocycles. The molecule has 4 unspecified atom stereocenters. The molecule has 0 N–H and O–H groups in total. The maximum Gasteiger partial charge on any atom is 0.143 e. The van der Waals surface area contributed by atoms with Crippen molar-refractivity contribution >= 4 is 21.7 Å². The molecule has 1 aromatic rings. The summed E-state index contributed by atoms with van der Waals surface area (Å²) in [7, 11) is 1.63. The first-order valence-corrected chi connectivity index (χ1v) is 7.74. The van der Waals surface area contributed by atoms with Crippen LogP contribution in [0.1, 0.15) is 26.3 Å². The number of methoxy groups -OCH3 is 1. The predicted molar refractivity (Wildman–Crippen MR) is 82.1 cm³/mol. The van der Waals surface area contributed by atoms with Crippen molar-refractivity contribution < 1.29 is 14.3 Å². The van der Waals surface area contributed by atoms with Gasteiger partial charge in [-0.3, -0.25) is 4.79 Å². The standard InChI is InChI=1S/C16H21BrO3/c1-9-10(2)20-11(3)16(9)15(18)8-12-7-13(19-4)5-6-14(12)17/h5-7,9-11,16H,8H2,1-4H3. The lowest BCUT2D eigenvalue weighted by molar-refractivity contribution is -0.124. The number of rotatable bonds is 4. The van der Waals surface area contributed by atoms with Crippen LogP contribution < -0.4 is 4.74 Å². The second kappa shape index (κ2) is 6.27. The molecular weight excluding hydrogens is 320 g/mol. The largest absolute Gasteiger partial charge is 0.497 e. The zero-order valence-electron chi connectivity index (χ0n) is 12.4. The molecule has 4 heteroatoms. The zero-order valence-corrected chi connectivity index (χ0v) is 13.9. The van der Waals surface area contributed by atoms with E-state index in [-0.39, 0.29) is 29.8 Å². The van der Waals surface area contributed by atoms with Gasteiger partial charge < -0.3 is 9.47 Å². The number of ketones is 1. The Bertz CT molecular complexity index is 500. The number of carbonyl (C=O) groups is 1. The minimum atomic E-state index is -0.0249. The molecule has 0 amide bonds. The Morgan fingerprint density at radius 3 is 2.55 bits per heavy atom. The zero-order chi connectivity index (χ0) is 14.9. The van der Waals surface area contributed by atoms with Crippen molar-refractivity contribution in [1.82, 2.24) is 0 Å². The van der Waals surface area contributed by atoms with Crippen LogP contribution in [-0.2, 0) is 16.0 Å². The van der Waals surface area contributed by atoms with E-state index in [1.807, 2.05) is 32.0 Å². The maximum atomic E-state index is 12.6. The van der Waals surface area contributed by atoms with E-state index in [0.29, 0.717) is 6.42 Å². The van der Waals surface area contributed by atoms with Crippen molar-refractivity contribution in [3.05, 3.63) is 28.2 Å². The number of halogens is 1. The third kappa shape index (κ3) is 3.07.